The van der Waals surface area contributed by atoms with Gasteiger partial charge in [0.15, 0.2) is 5.82 Å². The molecule has 0 aliphatic carbocycles. The topological polar surface area (TPSA) is 51.8 Å². The number of aryl methyl sites for hydroxylation is 1. The SMILES string of the molecule is Cc1nccn1[C@@H](C)c1nc(CC2CCN(C)CC2)nn1Cc1ccccc1. The van der Waals surface area contributed by atoms with Crippen LogP contribution in [0.4, 0.5) is 0 Å². The van der Waals surface area contributed by atoms with Crippen molar-refractivity contribution >= 4 is 0 Å². The number of benzene rings is 1. The normalized spacial score (nSPS) is 17.1. The van der Waals surface area contributed by atoms with Gasteiger partial charge in [-0.1, -0.05) is 30.3 Å². The molecule has 2 aromatic heterocycles. The Labute approximate surface area is 167 Å². The zero-order chi connectivity index (χ0) is 19.5. The molecule has 1 aliphatic heterocycles. The van der Waals surface area contributed by atoms with Gasteiger partial charge in [0.25, 0.3) is 0 Å². The molecule has 28 heavy (non-hydrogen) atoms. The van der Waals surface area contributed by atoms with E-state index >= 15 is 0 Å². The molecular formula is C22H30N6. The van der Waals surface area contributed by atoms with Crippen LogP contribution in [0, 0.1) is 12.8 Å². The van der Waals surface area contributed by atoms with Crippen molar-refractivity contribution in [2.75, 3.05) is 20.1 Å². The molecule has 1 fully saturated rings. The van der Waals surface area contributed by atoms with Crippen LogP contribution in [-0.4, -0.2) is 49.4 Å². The van der Waals surface area contributed by atoms with Crippen LogP contribution in [0.25, 0.3) is 0 Å². The monoisotopic (exact) mass is 378 g/mol. The zero-order valence-electron chi connectivity index (χ0n) is 17.1. The molecule has 0 unspecified atom stereocenters. The van der Waals surface area contributed by atoms with Gasteiger partial charge in [0, 0.05) is 18.8 Å². The average molecular weight is 379 g/mol. The highest BCUT2D eigenvalue weighted by molar-refractivity contribution is 5.16. The highest BCUT2D eigenvalue weighted by Crippen LogP contribution is 2.23. The molecule has 0 saturated carbocycles. The van der Waals surface area contributed by atoms with Crippen molar-refractivity contribution in [1.29, 1.82) is 0 Å². The van der Waals surface area contributed by atoms with Crippen molar-refractivity contribution in [3.8, 4) is 0 Å². The van der Waals surface area contributed by atoms with Gasteiger partial charge in [-0.15, -0.1) is 0 Å². The molecule has 3 aromatic rings. The molecule has 0 radical (unpaired) electrons. The number of hydrogen-bond donors (Lipinski definition) is 0. The highest BCUT2D eigenvalue weighted by Gasteiger charge is 2.23. The van der Waals surface area contributed by atoms with Gasteiger partial charge in [-0.3, -0.25) is 0 Å². The smallest absolute Gasteiger partial charge is 0.151 e. The highest BCUT2D eigenvalue weighted by atomic mass is 15.4. The summed E-state index contributed by atoms with van der Waals surface area (Å²) in [7, 11) is 2.20. The Morgan fingerprint density at radius 1 is 1.14 bits per heavy atom. The number of likely N-dealkylation sites (tertiary alicyclic amines) is 1. The van der Waals surface area contributed by atoms with Crippen molar-refractivity contribution in [3.05, 3.63) is 65.8 Å². The molecule has 1 aromatic carbocycles. The summed E-state index contributed by atoms with van der Waals surface area (Å²) >= 11 is 0. The van der Waals surface area contributed by atoms with Crippen LogP contribution in [0.15, 0.2) is 42.7 Å². The maximum atomic E-state index is 5.01. The Morgan fingerprint density at radius 3 is 2.57 bits per heavy atom. The van der Waals surface area contributed by atoms with Crippen molar-refractivity contribution in [1.82, 2.24) is 29.2 Å². The summed E-state index contributed by atoms with van der Waals surface area (Å²) in [5.41, 5.74) is 1.24. The van der Waals surface area contributed by atoms with Gasteiger partial charge in [-0.05, 0) is 58.3 Å². The van der Waals surface area contributed by atoms with Crippen molar-refractivity contribution in [2.45, 2.75) is 45.7 Å². The largest absolute Gasteiger partial charge is 0.325 e. The van der Waals surface area contributed by atoms with E-state index in [4.69, 9.17) is 10.1 Å². The first kappa shape index (κ1) is 18.9. The molecule has 0 bridgehead atoms. The fourth-order valence-electron chi connectivity index (χ4n) is 4.12. The number of imidazole rings is 1. The molecule has 1 saturated heterocycles. The summed E-state index contributed by atoms with van der Waals surface area (Å²) in [6.45, 7) is 7.31. The van der Waals surface area contributed by atoms with Crippen LogP contribution in [0.1, 0.15) is 48.8 Å². The molecule has 4 rings (SSSR count). The van der Waals surface area contributed by atoms with Crippen molar-refractivity contribution < 1.29 is 0 Å². The first-order valence-electron chi connectivity index (χ1n) is 10.3. The second kappa shape index (κ2) is 8.27. The number of rotatable bonds is 6. The predicted molar refractivity (Wildman–Crippen MR) is 110 cm³/mol. The minimum Gasteiger partial charge on any atom is -0.325 e. The third kappa shape index (κ3) is 4.17. The number of hydrogen-bond acceptors (Lipinski definition) is 4. The minimum atomic E-state index is 0.102. The van der Waals surface area contributed by atoms with Crippen LogP contribution in [0.2, 0.25) is 0 Å². The van der Waals surface area contributed by atoms with E-state index in [1.807, 2.05) is 19.3 Å². The van der Waals surface area contributed by atoms with Gasteiger partial charge in [0.05, 0.1) is 12.6 Å². The van der Waals surface area contributed by atoms with E-state index in [9.17, 15) is 0 Å². The van der Waals surface area contributed by atoms with Gasteiger partial charge >= 0.3 is 0 Å². The molecule has 148 valence electrons. The number of piperidine rings is 1. The lowest BCUT2D eigenvalue weighted by atomic mass is 9.94. The van der Waals surface area contributed by atoms with Crippen LogP contribution in [0.3, 0.4) is 0 Å². The average Bonchev–Trinajstić information content (AvgIpc) is 3.30. The van der Waals surface area contributed by atoms with E-state index in [0.29, 0.717) is 5.92 Å². The van der Waals surface area contributed by atoms with E-state index in [1.54, 1.807) is 0 Å². The predicted octanol–water partition coefficient (Wildman–Crippen LogP) is 3.32. The lowest BCUT2D eigenvalue weighted by Gasteiger charge is -2.28. The van der Waals surface area contributed by atoms with Crippen molar-refractivity contribution in [3.63, 3.8) is 0 Å². The van der Waals surface area contributed by atoms with E-state index in [1.165, 1.54) is 31.5 Å². The molecule has 6 heteroatoms. The summed E-state index contributed by atoms with van der Waals surface area (Å²) in [6, 6.07) is 10.6. The first-order valence-corrected chi connectivity index (χ1v) is 10.3. The Hall–Kier alpha value is -2.47. The van der Waals surface area contributed by atoms with Gasteiger partial charge in [-0.2, -0.15) is 5.10 Å². The van der Waals surface area contributed by atoms with E-state index < -0.39 is 0 Å². The molecular weight excluding hydrogens is 348 g/mol. The molecule has 1 aliphatic rings. The van der Waals surface area contributed by atoms with E-state index in [2.05, 4.69) is 63.4 Å². The zero-order valence-corrected chi connectivity index (χ0v) is 17.1. The molecule has 3 heterocycles. The quantitative estimate of drug-likeness (QED) is 0.660. The van der Waals surface area contributed by atoms with Gasteiger partial charge < -0.3 is 9.47 Å². The van der Waals surface area contributed by atoms with Crippen LogP contribution < -0.4 is 0 Å². The molecule has 0 spiro atoms. The third-order valence-corrected chi connectivity index (χ3v) is 5.88. The number of aromatic nitrogens is 5. The van der Waals surface area contributed by atoms with E-state index in [-0.39, 0.29) is 6.04 Å². The van der Waals surface area contributed by atoms with Crippen LogP contribution >= 0.6 is 0 Å². The maximum Gasteiger partial charge on any atom is 0.151 e. The van der Waals surface area contributed by atoms with Crippen molar-refractivity contribution in [2.24, 2.45) is 5.92 Å². The Morgan fingerprint density at radius 2 is 1.89 bits per heavy atom. The van der Waals surface area contributed by atoms with Gasteiger partial charge in [0.1, 0.15) is 11.6 Å². The second-order valence-corrected chi connectivity index (χ2v) is 8.04. The molecule has 6 nitrogen and oxygen atoms in total. The maximum absolute atomic E-state index is 5.01. The fourth-order valence-corrected chi connectivity index (χ4v) is 4.12. The summed E-state index contributed by atoms with van der Waals surface area (Å²) in [4.78, 5) is 11.8. The Balaban J connectivity index is 1.60. The third-order valence-electron chi connectivity index (χ3n) is 5.88. The Bertz CT molecular complexity index is 889. The van der Waals surface area contributed by atoms with Gasteiger partial charge in [0.2, 0.25) is 0 Å². The van der Waals surface area contributed by atoms with Gasteiger partial charge in [-0.25, -0.2) is 14.6 Å². The standard InChI is InChI=1S/C22H30N6/c1-17(27-14-11-23-18(27)2)22-24-21(15-19-9-12-26(3)13-10-19)25-28(22)16-20-7-5-4-6-8-20/h4-8,11,14,17,19H,9-10,12-13,15-16H2,1-3H3/t17-/m0/s1. The lowest BCUT2D eigenvalue weighted by molar-refractivity contribution is 0.217. The second-order valence-electron chi connectivity index (χ2n) is 8.04. The molecule has 0 amide bonds. The van der Waals surface area contributed by atoms with Crippen LogP contribution in [0.5, 0.6) is 0 Å². The molecule has 1 atom stereocenters. The summed E-state index contributed by atoms with van der Waals surface area (Å²) in [5.74, 6) is 3.67. The summed E-state index contributed by atoms with van der Waals surface area (Å²) in [5, 5.41) is 4.94. The fraction of sp³-hybridized carbons (Fsp3) is 0.500. The lowest BCUT2D eigenvalue weighted by Crippen LogP contribution is -2.31. The molecule has 0 N–H and O–H groups in total. The first-order chi connectivity index (χ1) is 13.6. The summed E-state index contributed by atoms with van der Waals surface area (Å²) in [6.07, 6.45) is 7.31. The Kier molecular flexibility index (Phi) is 5.57. The minimum absolute atomic E-state index is 0.102. The van der Waals surface area contributed by atoms with E-state index in [0.717, 1.165) is 30.4 Å². The van der Waals surface area contributed by atoms with Crippen LogP contribution in [-0.2, 0) is 13.0 Å². The summed E-state index contributed by atoms with van der Waals surface area (Å²) < 4.78 is 4.26. The number of nitrogens with zero attached hydrogens (tertiary/aromatic N) is 6.